The Bertz CT molecular complexity index is 261. The predicted octanol–water partition coefficient (Wildman–Crippen LogP) is 1.38. The summed E-state index contributed by atoms with van der Waals surface area (Å²) < 4.78 is 9.64. The quantitative estimate of drug-likeness (QED) is 0.667. The van der Waals surface area contributed by atoms with E-state index < -0.39 is 0 Å². The molecule has 0 aliphatic heterocycles. The van der Waals surface area contributed by atoms with E-state index in [0.29, 0.717) is 11.8 Å². The number of fused-ring (bicyclic) bond motifs is 3. The van der Waals surface area contributed by atoms with Crippen molar-refractivity contribution in [1.29, 1.82) is 0 Å². The molecule has 0 N–H and O–H groups in total. The molecule has 2 bridgehead atoms. The number of hydrogen-bond donors (Lipinski definition) is 0. The van der Waals surface area contributed by atoms with Crippen molar-refractivity contribution in [2.45, 2.75) is 25.7 Å². The van der Waals surface area contributed by atoms with Crippen LogP contribution >= 0.6 is 0 Å². The van der Waals surface area contributed by atoms with E-state index in [4.69, 9.17) is 9.47 Å². The summed E-state index contributed by atoms with van der Waals surface area (Å²) in [6.45, 7) is 0. The summed E-state index contributed by atoms with van der Waals surface area (Å²) in [5, 5.41) is 0. The monoisotopic (exact) mass is 226 g/mol. The van der Waals surface area contributed by atoms with Crippen molar-refractivity contribution in [3.8, 4) is 0 Å². The van der Waals surface area contributed by atoms with Crippen LogP contribution in [0.2, 0.25) is 0 Å². The predicted molar refractivity (Wildman–Crippen MR) is 56.5 cm³/mol. The Morgan fingerprint density at radius 2 is 1.12 bits per heavy atom. The van der Waals surface area contributed by atoms with E-state index in [-0.39, 0.29) is 23.8 Å². The fourth-order valence-corrected chi connectivity index (χ4v) is 3.40. The SMILES string of the molecule is COC(=O)[C@H]1C2CCC(CC2)[C@@H]1C(=O)OC. The normalized spacial score (nSPS) is 36.9. The number of carbonyl (C=O) groups is 2. The zero-order chi connectivity index (χ0) is 11.7. The van der Waals surface area contributed by atoms with E-state index in [1.807, 2.05) is 0 Å². The first kappa shape index (κ1) is 11.4. The lowest BCUT2D eigenvalue weighted by Crippen LogP contribution is -2.48. The van der Waals surface area contributed by atoms with Crippen LogP contribution in [0.1, 0.15) is 25.7 Å². The van der Waals surface area contributed by atoms with E-state index in [1.165, 1.54) is 14.2 Å². The van der Waals surface area contributed by atoms with E-state index in [2.05, 4.69) is 0 Å². The third-order valence-corrected chi connectivity index (χ3v) is 4.17. The van der Waals surface area contributed by atoms with Crippen LogP contribution in [0, 0.1) is 23.7 Å². The van der Waals surface area contributed by atoms with Crippen LogP contribution in [0.5, 0.6) is 0 Å². The molecule has 0 saturated heterocycles. The second kappa shape index (κ2) is 4.44. The van der Waals surface area contributed by atoms with E-state index in [9.17, 15) is 9.59 Å². The molecule has 0 heterocycles. The van der Waals surface area contributed by atoms with Gasteiger partial charge in [-0.1, -0.05) is 0 Å². The minimum Gasteiger partial charge on any atom is -0.469 e. The highest BCUT2D eigenvalue weighted by Gasteiger charge is 2.51. The first-order valence-corrected chi connectivity index (χ1v) is 5.84. The highest BCUT2D eigenvalue weighted by molar-refractivity contribution is 5.83. The van der Waals surface area contributed by atoms with Gasteiger partial charge in [-0.05, 0) is 37.5 Å². The standard InChI is InChI=1S/C12H18O4/c1-15-11(13)9-7-3-5-8(6-4-7)10(9)12(14)16-2/h7-10H,3-6H2,1-2H3/t7?,8?,9-,10-/m0/s1. The van der Waals surface area contributed by atoms with Gasteiger partial charge < -0.3 is 9.47 Å². The van der Waals surface area contributed by atoms with Crippen LogP contribution in [0.3, 0.4) is 0 Å². The summed E-state index contributed by atoms with van der Waals surface area (Å²) >= 11 is 0. The lowest BCUT2D eigenvalue weighted by Gasteiger charge is -2.45. The molecule has 4 heteroatoms. The second-order valence-corrected chi connectivity index (χ2v) is 4.77. The number of methoxy groups -OCH3 is 2. The van der Waals surface area contributed by atoms with Crippen molar-refractivity contribution in [3.63, 3.8) is 0 Å². The molecule has 0 aromatic heterocycles. The van der Waals surface area contributed by atoms with Gasteiger partial charge in [-0.3, -0.25) is 9.59 Å². The van der Waals surface area contributed by atoms with Crippen molar-refractivity contribution in [3.05, 3.63) is 0 Å². The Kier molecular flexibility index (Phi) is 3.17. The van der Waals surface area contributed by atoms with Gasteiger partial charge in [0, 0.05) is 0 Å². The lowest BCUT2D eigenvalue weighted by molar-refractivity contribution is -0.169. The molecular formula is C12H18O4. The smallest absolute Gasteiger partial charge is 0.309 e. The maximum absolute atomic E-state index is 11.8. The van der Waals surface area contributed by atoms with Crippen molar-refractivity contribution in [1.82, 2.24) is 0 Å². The van der Waals surface area contributed by atoms with Crippen LogP contribution in [0.4, 0.5) is 0 Å². The van der Waals surface area contributed by atoms with Gasteiger partial charge in [-0.15, -0.1) is 0 Å². The molecule has 3 saturated carbocycles. The third kappa shape index (κ3) is 1.70. The molecule has 3 rings (SSSR count). The van der Waals surface area contributed by atoms with Crippen LogP contribution in [0.15, 0.2) is 0 Å². The Balaban J connectivity index is 2.23. The van der Waals surface area contributed by atoms with Crippen LogP contribution < -0.4 is 0 Å². The van der Waals surface area contributed by atoms with E-state index in [1.54, 1.807) is 0 Å². The highest BCUT2D eigenvalue weighted by Crippen LogP contribution is 2.49. The van der Waals surface area contributed by atoms with Gasteiger partial charge in [0.15, 0.2) is 0 Å². The molecule has 2 atom stereocenters. The minimum absolute atomic E-state index is 0.246. The summed E-state index contributed by atoms with van der Waals surface area (Å²) in [4.78, 5) is 23.5. The summed E-state index contributed by atoms with van der Waals surface area (Å²) in [6, 6.07) is 0. The van der Waals surface area contributed by atoms with E-state index >= 15 is 0 Å². The molecule has 0 amide bonds. The molecule has 0 unspecified atom stereocenters. The molecule has 0 aromatic carbocycles. The molecule has 16 heavy (non-hydrogen) atoms. The zero-order valence-electron chi connectivity index (χ0n) is 9.77. The Morgan fingerprint density at radius 3 is 1.38 bits per heavy atom. The largest absolute Gasteiger partial charge is 0.469 e. The van der Waals surface area contributed by atoms with Crippen molar-refractivity contribution < 1.29 is 19.1 Å². The van der Waals surface area contributed by atoms with Crippen molar-refractivity contribution in [2.75, 3.05) is 14.2 Å². The maximum atomic E-state index is 11.8. The average Bonchev–Trinajstić information content (AvgIpc) is 2.37. The van der Waals surface area contributed by atoms with Crippen LogP contribution in [-0.4, -0.2) is 26.2 Å². The Labute approximate surface area is 95.3 Å². The molecule has 4 nitrogen and oxygen atoms in total. The summed E-state index contributed by atoms with van der Waals surface area (Å²) in [5.74, 6) is -0.424. The zero-order valence-corrected chi connectivity index (χ0v) is 9.77. The summed E-state index contributed by atoms with van der Waals surface area (Å²) in [6.07, 6.45) is 4.16. The number of esters is 2. The molecule has 0 aromatic rings. The van der Waals surface area contributed by atoms with Gasteiger partial charge in [0.2, 0.25) is 0 Å². The molecule has 3 aliphatic rings. The Morgan fingerprint density at radius 1 is 0.812 bits per heavy atom. The van der Waals surface area contributed by atoms with E-state index in [0.717, 1.165) is 25.7 Å². The minimum atomic E-state index is -0.273. The summed E-state index contributed by atoms with van der Waals surface area (Å²) in [5.41, 5.74) is 0. The molecule has 90 valence electrons. The van der Waals surface area contributed by atoms with Gasteiger partial charge in [-0.25, -0.2) is 0 Å². The number of hydrogen-bond acceptors (Lipinski definition) is 4. The first-order valence-electron chi connectivity index (χ1n) is 5.84. The van der Waals surface area contributed by atoms with Gasteiger partial charge in [0.1, 0.15) is 0 Å². The topological polar surface area (TPSA) is 52.6 Å². The van der Waals surface area contributed by atoms with Crippen LogP contribution in [0.25, 0.3) is 0 Å². The molecular weight excluding hydrogens is 208 g/mol. The summed E-state index contributed by atoms with van der Waals surface area (Å²) in [7, 11) is 2.78. The van der Waals surface area contributed by atoms with Crippen molar-refractivity contribution >= 4 is 11.9 Å². The lowest BCUT2D eigenvalue weighted by atomic mass is 9.58. The molecule has 0 radical (unpaired) electrons. The van der Waals surface area contributed by atoms with Gasteiger partial charge in [0.25, 0.3) is 0 Å². The van der Waals surface area contributed by atoms with Crippen LogP contribution in [-0.2, 0) is 19.1 Å². The highest BCUT2D eigenvalue weighted by atomic mass is 16.5. The maximum Gasteiger partial charge on any atom is 0.309 e. The number of rotatable bonds is 2. The van der Waals surface area contributed by atoms with Gasteiger partial charge in [-0.2, -0.15) is 0 Å². The second-order valence-electron chi connectivity index (χ2n) is 4.77. The van der Waals surface area contributed by atoms with Gasteiger partial charge >= 0.3 is 11.9 Å². The Hall–Kier alpha value is -1.06. The average molecular weight is 226 g/mol. The van der Waals surface area contributed by atoms with Crippen molar-refractivity contribution in [2.24, 2.45) is 23.7 Å². The third-order valence-electron chi connectivity index (χ3n) is 4.17. The first-order chi connectivity index (χ1) is 7.69. The molecule has 0 spiro atoms. The fourth-order valence-electron chi connectivity index (χ4n) is 3.40. The number of carbonyl (C=O) groups excluding carboxylic acids is 2. The fraction of sp³-hybridized carbons (Fsp3) is 0.833. The van der Waals surface area contributed by atoms with Gasteiger partial charge in [0.05, 0.1) is 26.1 Å². The molecule has 3 aliphatic carbocycles. The number of ether oxygens (including phenoxy) is 2. The molecule has 3 fully saturated rings.